The van der Waals surface area contributed by atoms with Crippen molar-refractivity contribution in [2.75, 3.05) is 0 Å². The first-order chi connectivity index (χ1) is 7.52. The van der Waals surface area contributed by atoms with E-state index in [1.165, 1.54) is 0 Å². The molecule has 0 fully saturated rings. The molecule has 0 radical (unpaired) electrons. The lowest BCUT2D eigenvalue weighted by Crippen LogP contribution is -2.34. The normalized spacial score (nSPS) is 12.8. The third-order valence-electron chi connectivity index (χ3n) is 2.22. The molecule has 0 aliphatic carbocycles. The Kier molecular flexibility index (Phi) is 4.78. The van der Waals surface area contributed by atoms with E-state index in [0.717, 1.165) is 12.1 Å². The van der Waals surface area contributed by atoms with E-state index in [9.17, 15) is 0 Å². The highest BCUT2D eigenvalue weighted by Gasteiger charge is 2.09. The number of nitrogens with zero attached hydrogens (tertiary/aromatic N) is 3. The maximum absolute atomic E-state index is 8.94. The zero-order chi connectivity index (χ0) is 12.1. The van der Waals surface area contributed by atoms with Gasteiger partial charge in [-0.05, 0) is 27.2 Å². The molecule has 0 aliphatic heterocycles. The summed E-state index contributed by atoms with van der Waals surface area (Å²) in [6.45, 7) is 6.62. The van der Waals surface area contributed by atoms with Crippen molar-refractivity contribution >= 4 is 11.6 Å². The van der Waals surface area contributed by atoms with Gasteiger partial charge in [-0.25, -0.2) is 0 Å². The second-order valence-electron chi connectivity index (χ2n) is 4.12. The van der Waals surface area contributed by atoms with Crippen molar-refractivity contribution in [2.24, 2.45) is 0 Å². The molecule has 0 saturated carbocycles. The zero-order valence-corrected chi connectivity index (χ0v) is 10.6. The molecule has 1 N–H and O–H groups in total. The van der Waals surface area contributed by atoms with Gasteiger partial charge < -0.3 is 0 Å². The molecule has 0 spiro atoms. The van der Waals surface area contributed by atoms with Crippen LogP contribution in [0.15, 0.2) is 6.20 Å². The summed E-state index contributed by atoms with van der Waals surface area (Å²) in [6, 6.07) is 2.42. The van der Waals surface area contributed by atoms with E-state index in [-0.39, 0.29) is 6.04 Å². The van der Waals surface area contributed by atoms with E-state index >= 15 is 0 Å². The molecule has 1 unspecified atom stereocenters. The van der Waals surface area contributed by atoms with Gasteiger partial charge >= 0.3 is 0 Å². The molecule has 4 nitrogen and oxygen atoms in total. The van der Waals surface area contributed by atoms with Crippen molar-refractivity contribution in [1.29, 1.82) is 5.26 Å². The Bertz CT molecular complexity index is 358. The summed E-state index contributed by atoms with van der Waals surface area (Å²) in [6.07, 6.45) is 2.52. The average Bonchev–Trinajstić information content (AvgIpc) is 2.53. The number of nitrogens with one attached hydrogen (secondary N) is 1. The van der Waals surface area contributed by atoms with Crippen LogP contribution in [0.3, 0.4) is 0 Å². The average molecular weight is 241 g/mol. The van der Waals surface area contributed by atoms with Crippen LogP contribution in [0.4, 0.5) is 0 Å². The molecule has 1 atom stereocenters. The van der Waals surface area contributed by atoms with Crippen molar-refractivity contribution in [3.63, 3.8) is 0 Å². The molecular weight excluding hydrogens is 224 g/mol. The molecule has 0 aromatic carbocycles. The van der Waals surface area contributed by atoms with Crippen molar-refractivity contribution < 1.29 is 0 Å². The summed E-state index contributed by atoms with van der Waals surface area (Å²) >= 11 is 5.90. The van der Waals surface area contributed by atoms with Crippen LogP contribution >= 0.6 is 11.6 Å². The lowest BCUT2D eigenvalue weighted by atomic mass is 10.2. The van der Waals surface area contributed by atoms with Gasteiger partial charge in [0.05, 0.1) is 22.8 Å². The number of aromatic nitrogens is 2. The minimum atomic E-state index is -0.136. The van der Waals surface area contributed by atoms with Crippen LogP contribution in [0.2, 0.25) is 5.02 Å². The Balaban J connectivity index is 2.47. The molecule has 1 aromatic rings. The standard InChI is InChI=1S/C11H17ClN4/c1-8(2)14-10(6-13)4-5-16-7-11(12)9(3)15-16/h7-8,10,14H,4-5H2,1-3H3. The molecule has 1 heterocycles. The number of aryl methyl sites for hydroxylation is 2. The second kappa shape index (κ2) is 5.88. The molecule has 88 valence electrons. The molecule has 0 saturated heterocycles. The van der Waals surface area contributed by atoms with Gasteiger partial charge in [0.2, 0.25) is 0 Å². The van der Waals surface area contributed by atoms with E-state index in [1.54, 1.807) is 10.9 Å². The quantitative estimate of drug-likeness (QED) is 0.858. The predicted octanol–water partition coefficient (Wildman–Crippen LogP) is 2.13. The van der Waals surface area contributed by atoms with Crippen LogP contribution in [-0.4, -0.2) is 21.9 Å². The molecule has 1 aromatic heterocycles. The first kappa shape index (κ1) is 13.0. The first-order valence-corrected chi connectivity index (χ1v) is 5.76. The molecular formula is C11H17ClN4. The second-order valence-corrected chi connectivity index (χ2v) is 4.52. The highest BCUT2D eigenvalue weighted by Crippen LogP contribution is 2.12. The largest absolute Gasteiger partial charge is 0.300 e. The van der Waals surface area contributed by atoms with Gasteiger partial charge in [0.15, 0.2) is 0 Å². The van der Waals surface area contributed by atoms with Crippen molar-refractivity contribution in [3.05, 3.63) is 16.9 Å². The molecule has 5 heteroatoms. The lowest BCUT2D eigenvalue weighted by Gasteiger charge is -2.14. The summed E-state index contributed by atoms with van der Waals surface area (Å²) in [5.41, 5.74) is 0.826. The summed E-state index contributed by atoms with van der Waals surface area (Å²) in [5, 5.41) is 17.0. The van der Waals surface area contributed by atoms with Crippen molar-refractivity contribution in [1.82, 2.24) is 15.1 Å². The molecule has 0 aliphatic rings. The Morgan fingerprint density at radius 2 is 2.31 bits per heavy atom. The zero-order valence-electron chi connectivity index (χ0n) is 9.87. The van der Waals surface area contributed by atoms with Gasteiger partial charge in [-0.15, -0.1) is 0 Å². The smallest absolute Gasteiger partial charge is 0.0972 e. The van der Waals surface area contributed by atoms with Gasteiger partial charge in [-0.2, -0.15) is 10.4 Å². The highest BCUT2D eigenvalue weighted by molar-refractivity contribution is 6.31. The Hall–Kier alpha value is -1.05. The van der Waals surface area contributed by atoms with E-state index in [0.29, 0.717) is 17.6 Å². The van der Waals surface area contributed by atoms with Crippen LogP contribution in [0.25, 0.3) is 0 Å². The molecule has 0 amide bonds. The number of halogens is 1. The van der Waals surface area contributed by atoms with Crippen LogP contribution in [0.5, 0.6) is 0 Å². The van der Waals surface area contributed by atoms with E-state index < -0.39 is 0 Å². The predicted molar refractivity (Wildman–Crippen MR) is 64.3 cm³/mol. The SMILES string of the molecule is Cc1nn(CCC(C#N)NC(C)C)cc1Cl. The monoisotopic (exact) mass is 240 g/mol. The van der Waals surface area contributed by atoms with Crippen LogP contribution in [-0.2, 0) is 6.54 Å². The Labute approximate surface area is 101 Å². The van der Waals surface area contributed by atoms with Gasteiger partial charge in [0.25, 0.3) is 0 Å². The summed E-state index contributed by atoms with van der Waals surface area (Å²) in [5.74, 6) is 0. The first-order valence-electron chi connectivity index (χ1n) is 5.38. The molecule has 0 bridgehead atoms. The van der Waals surface area contributed by atoms with Crippen molar-refractivity contribution in [2.45, 2.75) is 45.8 Å². The third kappa shape index (κ3) is 3.84. The molecule has 16 heavy (non-hydrogen) atoms. The fourth-order valence-corrected chi connectivity index (χ4v) is 1.61. The summed E-state index contributed by atoms with van der Waals surface area (Å²) in [7, 11) is 0. The van der Waals surface area contributed by atoms with Crippen LogP contribution in [0, 0.1) is 18.3 Å². The topological polar surface area (TPSA) is 53.6 Å². The minimum Gasteiger partial charge on any atom is -0.300 e. The lowest BCUT2D eigenvalue weighted by molar-refractivity contribution is 0.461. The van der Waals surface area contributed by atoms with Gasteiger partial charge in [0.1, 0.15) is 0 Å². The minimum absolute atomic E-state index is 0.136. The number of hydrogen-bond donors (Lipinski definition) is 1. The summed E-state index contributed by atoms with van der Waals surface area (Å²) in [4.78, 5) is 0. The van der Waals surface area contributed by atoms with E-state index in [1.807, 2.05) is 20.8 Å². The number of rotatable bonds is 5. The number of hydrogen-bond acceptors (Lipinski definition) is 3. The Morgan fingerprint density at radius 3 is 2.75 bits per heavy atom. The van der Waals surface area contributed by atoms with Gasteiger partial charge in [-0.3, -0.25) is 10.00 Å². The van der Waals surface area contributed by atoms with Crippen molar-refractivity contribution in [3.8, 4) is 6.07 Å². The van der Waals surface area contributed by atoms with Crippen LogP contribution in [0.1, 0.15) is 26.0 Å². The van der Waals surface area contributed by atoms with Crippen LogP contribution < -0.4 is 5.32 Å². The Morgan fingerprint density at radius 1 is 1.62 bits per heavy atom. The van der Waals surface area contributed by atoms with Gasteiger partial charge in [-0.1, -0.05) is 11.6 Å². The fourth-order valence-electron chi connectivity index (χ4n) is 1.46. The third-order valence-corrected chi connectivity index (χ3v) is 2.59. The highest BCUT2D eigenvalue weighted by atomic mass is 35.5. The molecule has 1 rings (SSSR count). The van der Waals surface area contributed by atoms with Gasteiger partial charge in [0, 0.05) is 18.8 Å². The maximum atomic E-state index is 8.94. The maximum Gasteiger partial charge on any atom is 0.0972 e. The van der Waals surface area contributed by atoms with E-state index in [4.69, 9.17) is 16.9 Å². The summed E-state index contributed by atoms with van der Waals surface area (Å²) < 4.78 is 1.78. The fraction of sp³-hybridized carbons (Fsp3) is 0.636. The van der Waals surface area contributed by atoms with E-state index in [2.05, 4.69) is 16.5 Å². The number of nitriles is 1.